The van der Waals surface area contributed by atoms with Gasteiger partial charge in [0, 0.05) is 43.2 Å². The highest BCUT2D eigenvalue weighted by Gasteiger charge is 2.28. The Bertz CT molecular complexity index is 709. The summed E-state index contributed by atoms with van der Waals surface area (Å²) in [6, 6.07) is 7.32. The van der Waals surface area contributed by atoms with E-state index < -0.39 is 0 Å². The van der Waals surface area contributed by atoms with Gasteiger partial charge in [-0.05, 0) is 30.7 Å². The molecule has 3 heterocycles. The lowest BCUT2D eigenvalue weighted by Gasteiger charge is -2.38. The molecule has 0 aliphatic carbocycles. The van der Waals surface area contributed by atoms with Gasteiger partial charge in [0.1, 0.15) is 10.8 Å². The number of benzene rings is 1. The molecule has 2 N–H and O–H groups in total. The van der Waals surface area contributed by atoms with Crippen molar-refractivity contribution in [2.45, 2.75) is 19.9 Å². The Balaban J connectivity index is 1.84. The first kappa shape index (κ1) is 14.9. The molecular weight excluding hydrogens is 311 g/mol. The SMILES string of the molecule is CCc1cc2c(s1)N(N1CCNCC1)c1ccc(F)cc1NC2. The van der Waals surface area contributed by atoms with E-state index in [0.717, 1.165) is 50.5 Å². The molecule has 4 rings (SSSR count). The highest BCUT2D eigenvalue weighted by molar-refractivity contribution is 7.16. The van der Waals surface area contributed by atoms with Crippen molar-refractivity contribution in [1.82, 2.24) is 10.3 Å². The van der Waals surface area contributed by atoms with E-state index in [1.165, 1.54) is 15.4 Å². The summed E-state index contributed by atoms with van der Waals surface area (Å²) < 4.78 is 13.7. The van der Waals surface area contributed by atoms with Crippen molar-refractivity contribution in [1.29, 1.82) is 0 Å². The number of hydrazine groups is 1. The minimum absolute atomic E-state index is 0.198. The molecule has 2 aliphatic heterocycles. The summed E-state index contributed by atoms with van der Waals surface area (Å²) in [6.07, 6.45) is 1.04. The number of rotatable bonds is 2. The molecule has 1 saturated heterocycles. The largest absolute Gasteiger partial charge is 0.379 e. The van der Waals surface area contributed by atoms with Crippen molar-refractivity contribution in [2.75, 3.05) is 36.5 Å². The van der Waals surface area contributed by atoms with E-state index in [9.17, 15) is 4.39 Å². The van der Waals surface area contributed by atoms with Gasteiger partial charge in [-0.1, -0.05) is 6.92 Å². The predicted octanol–water partition coefficient (Wildman–Crippen LogP) is 3.33. The quantitative estimate of drug-likeness (QED) is 0.883. The highest BCUT2D eigenvalue weighted by Crippen LogP contribution is 2.43. The van der Waals surface area contributed by atoms with Crippen LogP contribution in [0.2, 0.25) is 0 Å². The Morgan fingerprint density at radius 2 is 2.04 bits per heavy atom. The molecule has 1 fully saturated rings. The summed E-state index contributed by atoms with van der Waals surface area (Å²) in [5, 5.41) is 12.7. The lowest BCUT2D eigenvalue weighted by molar-refractivity contribution is 0.245. The number of piperazine rings is 1. The highest BCUT2D eigenvalue weighted by atomic mass is 32.1. The number of anilines is 3. The number of nitrogens with one attached hydrogen (secondary N) is 2. The third-order valence-corrected chi connectivity index (χ3v) is 5.71. The summed E-state index contributed by atoms with van der Waals surface area (Å²) >= 11 is 1.85. The van der Waals surface area contributed by atoms with Crippen LogP contribution in [0.4, 0.5) is 20.8 Å². The molecule has 0 saturated carbocycles. The molecule has 23 heavy (non-hydrogen) atoms. The Hall–Kier alpha value is -1.63. The second kappa shape index (κ2) is 6.11. The number of fused-ring (bicyclic) bond motifs is 2. The lowest BCUT2D eigenvalue weighted by atomic mass is 10.2. The average molecular weight is 332 g/mol. The number of nitrogens with zero attached hydrogens (tertiary/aromatic N) is 2. The van der Waals surface area contributed by atoms with Crippen LogP contribution in [0.1, 0.15) is 17.4 Å². The van der Waals surface area contributed by atoms with Crippen molar-refractivity contribution < 1.29 is 4.39 Å². The van der Waals surface area contributed by atoms with Crippen LogP contribution in [0.5, 0.6) is 0 Å². The number of hydrogen-bond acceptors (Lipinski definition) is 5. The molecule has 0 atom stereocenters. The molecule has 122 valence electrons. The second-order valence-electron chi connectivity index (χ2n) is 5.93. The fraction of sp³-hybridized carbons (Fsp3) is 0.412. The van der Waals surface area contributed by atoms with E-state index in [0.29, 0.717) is 0 Å². The van der Waals surface area contributed by atoms with Crippen molar-refractivity contribution in [3.63, 3.8) is 0 Å². The van der Waals surface area contributed by atoms with Crippen LogP contribution in [-0.2, 0) is 13.0 Å². The number of thiophene rings is 1. The van der Waals surface area contributed by atoms with Crippen LogP contribution in [-0.4, -0.2) is 31.2 Å². The molecule has 0 amide bonds. The number of hydrogen-bond donors (Lipinski definition) is 2. The van der Waals surface area contributed by atoms with E-state index in [2.05, 4.69) is 33.6 Å². The van der Waals surface area contributed by atoms with Gasteiger partial charge in [-0.3, -0.25) is 5.01 Å². The normalized spacial score (nSPS) is 18.1. The van der Waals surface area contributed by atoms with Crippen LogP contribution in [0.25, 0.3) is 0 Å². The van der Waals surface area contributed by atoms with Crippen molar-refractivity contribution in [2.24, 2.45) is 0 Å². The maximum atomic E-state index is 13.7. The molecule has 0 unspecified atom stereocenters. The fourth-order valence-electron chi connectivity index (χ4n) is 3.22. The van der Waals surface area contributed by atoms with Crippen LogP contribution < -0.4 is 15.6 Å². The third-order valence-electron chi connectivity index (χ3n) is 4.41. The molecule has 2 aromatic rings. The first-order valence-electron chi connectivity index (χ1n) is 8.17. The van der Waals surface area contributed by atoms with E-state index in [4.69, 9.17) is 0 Å². The van der Waals surface area contributed by atoms with Gasteiger partial charge < -0.3 is 10.6 Å². The van der Waals surface area contributed by atoms with E-state index >= 15 is 0 Å². The zero-order chi connectivity index (χ0) is 15.8. The standard InChI is InChI=1S/C17H21FN4S/c1-2-14-9-12-11-20-15-10-13(18)3-4-16(15)22(17(12)23-14)21-7-5-19-6-8-21/h3-4,9-10,19-20H,2,5-8,11H2,1H3. The number of halogens is 1. The summed E-state index contributed by atoms with van der Waals surface area (Å²) in [7, 11) is 0. The monoisotopic (exact) mass is 332 g/mol. The Labute approximate surface area is 139 Å². The Morgan fingerprint density at radius 3 is 2.83 bits per heavy atom. The van der Waals surface area contributed by atoms with Crippen molar-refractivity contribution >= 4 is 27.7 Å². The van der Waals surface area contributed by atoms with E-state index in [1.807, 2.05) is 17.4 Å². The molecule has 4 nitrogen and oxygen atoms in total. The molecular formula is C17H21FN4S. The lowest BCUT2D eigenvalue weighted by Crippen LogP contribution is -2.50. The van der Waals surface area contributed by atoms with Gasteiger partial charge in [-0.2, -0.15) is 0 Å². The molecule has 6 heteroatoms. The average Bonchev–Trinajstić information content (AvgIpc) is 2.93. The van der Waals surface area contributed by atoms with Gasteiger partial charge in [0.15, 0.2) is 0 Å². The van der Waals surface area contributed by atoms with Gasteiger partial charge in [0.05, 0.1) is 11.4 Å². The summed E-state index contributed by atoms with van der Waals surface area (Å²) in [4.78, 5) is 1.39. The Kier molecular flexibility index (Phi) is 3.97. The van der Waals surface area contributed by atoms with Crippen LogP contribution in [0.15, 0.2) is 24.3 Å². The van der Waals surface area contributed by atoms with Crippen molar-refractivity contribution in [3.8, 4) is 0 Å². The topological polar surface area (TPSA) is 30.5 Å². The first-order valence-corrected chi connectivity index (χ1v) is 8.98. The Morgan fingerprint density at radius 1 is 1.22 bits per heavy atom. The van der Waals surface area contributed by atoms with Gasteiger partial charge >= 0.3 is 0 Å². The zero-order valence-electron chi connectivity index (χ0n) is 13.2. The van der Waals surface area contributed by atoms with E-state index in [-0.39, 0.29) is 5.82 Å². The van der Waals surface area contributed by atoms with E-state index in [1.54, 1.807) is 12.1 Å². The smallest absolute Gasteiger partial charge is 0.125 e. The summed E-state index contributed by atoms with van der Waals surface area (Å²) in [5.74, 6) is -0.198. The second-order valence-corrected chi connectivity index (χ2v) is 7.04. The van der Waals surface area contributed by atoms with Gasteiger partial charge in [-0.25, -0.2) is 9.40 Å². The third kappa shape index (κ3) is 2.71. The maximum Gasteiger partial charge on any atom is 0.125 e. The molecule has 0 spiro atoms. The fourth-order valence-corrected chi connectivity index (χ4v) is 4.38. The van der Waals surface area contributed by atoms with Crippen LogP contribution in [0, 0.1) is 5.82 Å². The van der Waals surface area contributed by atoms with Crippen LogP contribution >= 0.6 is 11.3 Å². The minimum atomic E-state index is -0.198. The van der Waals surface area contributed by atoms with Crippen LogP contribution in [0.3, 0.4) is 0 Å². The molecule has 1 aromatic heterocycles. The first-order chi connectivity index (χ1) is 11.3. The zero-order valence-corrected chi connectivity index (χ0v) is 14.0. The van der Waals surface area contributed by atoms with Gasteiger partial charge in [0.2, 0.25) is 0 Å². The maximum absolute atomic E-state index is 13.7. The minimum Gasteiger partial charge on any atom is -0.379 e. The molecule has 0 radical (unpaired) electrons. The van der Waals surface area contributed by atoms with Crippen molar-refractivity contribution in [3.05, 3.63) is 40.5 Å². The number of aryl methyl sites for hydroxylation is 1. The molecule has 1 aromatic carbocycles. The summed E-state index contributed by atoms with van der Waals surface area (Å²) in [5.41, 5.74) is 3.20. The predicted molar refractivity (Wildman–Crippen MR) is 94.0 cm³/mol. The van der Waals surface area contributed by atoms with Gasteiger partial charge in [0.25, 0.3) is 0 Å². The molecule has 0 bridgehead atoms. The van der Waals surface area contributed by atoms with Gasteiger partial charge in [-0.15, -0.1) is 11.3 Å². The molecule has 2 aliphatic rings. The summed E-state index contributed by atoms with van der Waals surface area (Å²) in [6.45, 7) is 6.79.